The molecule has 0 radical (unpaired) electrons. The summed E-state index contributed by atoms with van der Waals surface area (Å²) in [6.45, 7) is 1.72. The second kappa shape index (κ2) is 3.14. The molecular formula is C8H6ClN3O. The molecule has 0 amide bonds. The van der Waals surface area contributed by atoms with E-state index in [2.05, 4.69) is 15.1 Å². The highest BCUT2D eigenvalue weighted by Gasteiger charge is 2.09. The van der Waals surface area contributed by atoms with Crippen molar-refractivity contribution in [2.75, 3.05) is 0 Å². The lowest BCUT2D eigenvalue weighted by Crippen LogP contribution is -1.84. The summed E-state index contributed by atoms with van der Waals surface area (Å²) in [7, 11) is 0. The molecule has 0 unspecified atom stereocenters. The number of aromatic nitrogens is 3. The standard InChI is InChI=1S/C8H6ClN3O/c1-5-11-8(12-13-5)6-3-2-4-10-7(6)9/h2-4H,1H3. The lowest BCUT2D eigenvalue weighted by atomic mass is 10.3. The Kier molecular flexibility index (Phi) is 1.98. The molecule has 0 aromatic carbocycles. The molecule has 0 saturated carbocycles. The summed E-state index contributed by atoms with van der Waals surface area (Å²) in [6.07, 6.45) is 1.61. The van der Waals surface area contributed by atoms with Crippen molar-refractivity contribution < 1.29 is 4.52 Å². The van der Waals surface area contributed by atoms with Gasteiger partial charge in [0.25, 0.3) is 0 Å². The molecule has 0 bridgehead atoms. The SMILES string of the molecule is Cc1nc(-c2cccnc2Cl)no1. The first kappa shape index (κ1) is 8.19. The van der Waals surface area contributed by atoms with E-state index in [9.17, 15) is 0 Å². The third kappa shape index (κ3) is 1.53. The van der Waals surface area contributed by atoms with Gasteiger partial charge in [-0.2, -0.15) is 4.98 Å². The molecule has 0 aliphatic carbocycles. The predicted octanol–water partition coefficient (Wildman–Crippen LogP) is 2.09. The fourth-order valence-corrected chi connectivity index (χ4v) is 1.17. The molecule has 0 aliphatic heterocycles. The van der Waals surface area contributed by atoms with E-state index >= 15 is 0 Å². The van der Waals surface area contributed by atoms with Crippen LogP contribution in [0.3, 0.4) is 0 Å². The molecule has 4 nitrogen and oxygen atoms in total. The monoisotopic (exact) mass is 195 g/mol. The summed E-state index contributed by atoms with van der Waals surface area (Å²) in [4.78, 5) is 7.95. The van der Waals surface area contributed by atoms with Gasteiger partial charge in [-0.1, -0.05) is 16.8 Å². The van der Waals surface area contributed by atoms with Crippen molar-refractivity contribution in [2.24, 2.45) is 0 Å². The molecule has 13 heavy (non-hydrogen) atoms. The van der Waals surface area contributed by atoms with Crippen molar-refractivity contribution in [3.63, 3.8) is 0 Å². The van der Waals surface area contributed by atoms with Crippen LogP contribution in [0.4, 0.5) is 0 Å². The maximum absolute atomic E-state index is 5.84. The first-order valence-electron chi connectivity index (χ1n) is 3.68. The zero-order valence-corrected chi connectivity index (χ0v) is 7.62. The quantitative estimate of drug-likeness (QED) is 0.654. The molecule has 0 spiro atoms. The average Bonchev–Trinajstić information content (AvgIpc) is 2.53. The highest BCUT2D eigenvalue weighted by Crippen LogP contribution is 2.22. The molecular weight excluding hydrogens is 190 g/mol. The molecule has 2 aromatic heterocycles. The minimum absolute atomic E-state index is 0.378. The van der Waals surface area contributed by atoms with Crippen molar-refractivity contribution in [1.82, 2.24) is 15.1 Å². The van der Waals surface area contributed by atoms with Crippen molar-refractivity contribution in [3.05, 3.63) is 29.4 Å². The number of hydrogen-bond acceptors (Lipinski definition) is 4. The van der Waals surface area contributed by atoms with Gasteiger partial charge in [-0.15, -0.1) is 0 Å². The van der Waals surface area contributed by atoms with Gasteiger partial charge >= 0.3 is 0 Å². The van der Waals surface area contributed by atoms with Crippen LogP contribution in [0.5, 0.6) is 0 Å². The van der Waals surface area contributed by atoms with Crippen LogP contribution < -0.4 is 0 Å². The van der Waals surface area contributed by atoms with Gasteiger partial charge in [0.15, 0.2) is 0 Å². The lowest BCUT2D eigenvalue weighted by molar-refractivity contribution is 0.394. The van der Waals surface area contributed by atoms with E-state index in [1.807, 2.05) is 0 Å². The second-order valence-corrected chi connectivity index (χ2v) is 2.84. The zero-order chi connectivity index (χ0) is 9.26. The Hall–Kier alpha value is -1.42. The van der Waals surface area contributed by atoms with Gasteiger partial charge in [0.05, 0.1) is 5.56 Å². The van der Waals surface area contributed by atoms with Crippen molar-refractivity contribution in [3.8, 4) is 11.4 Å². The first-order chi connectivity index (χ1) is 6.27. The Morgan fingerprint density at radius 3 is 2.92 bits per heavy atom. The molecule has 2 heterocycles. The normalized spacial score (nSPS) is 10.3. The van der Waals surface area contributed by atoms with Gasteiger partial charge in [0, 0.05) is 13.1 Å². The smallest absolute Gasteiger partial charge is 0.223 e. The maximum atomic E-state index is 5.84. The van der Waals surface area contributed by atoms with Crippen molar-refractivity contribution >= 4 is 11.6 Å². The first-order valence-corrected chi connectivity index (χ1v) is 4.06. The molecule has 66 valence electrons. The number of aryl methyl sites for hydroxylation is 1. The van der Waals surface area contributed by atoms with E-state index in [-0.39, 0.29) is 0 Å². The third-order valence-electron chi connectivity index (χ3n) is 1.53. The van der Waals surface area contributed by atoms with E-state index in [0.29, 0.717) is 22.4 Å². The van der Waals surface area contributed by atoms with E-state index < -0.39 is 0 Å². The molecule has 0 saturated heterocycles. The van der Waals surface area contributed by atoms with Gasteiger partial charge < -0.3 is 4.52 Å². The highest BCUT2D eigenvalue weighted by atomic mass is 35.5. The molecule has 0 fully saturated rings. The number of halogens is 1. The summed E-state index contributed by atoms with van der Waals surface area (Å²) in [6, 6.07) is 3.56. The van der Waals surface area contributed by atoms with Crippen LogP contribution in [0.1, 0.15) is 5.89 Å². The Morgan fingerprint density at radius 2 is 2.31 bits per heavy atom. The Bertz CT molecular complexity index is 427. The largest absolute Gasteiger partial charge is 0.339 e. The highest BCUT2D eigenvalue weighted by molar-refractivity contribution is 6.31. The molecule has 0 N–H and O–H groups in total. The molecule has 5 heteroatoms. The average molecular weight is 196 g/mol. The Morgan fingerprint density at radius 1 is 1.46 bits per heavy atom. The number of rotatable bonds is 1. The summed E-state index contributed by atoms with van der Waals surface area (Å²) >= 11 is 5.84. The lowest BCUT2D eigenvalue weighted by Gasteiger charge is -1.94. The predicted molar refractivity (Wildman–Crippen MR) is 47.3 cm³/mol. The number of hydrogen-bond donors (Lipinski definition) is 0. The topological polar surface area (TPSA) is 51.8 Å². The summed E-state index contributed by atoms with van der Waals surface area (Å²) < 4.78 is 4.83. The number of nitrogens with zero attached hydrogens (tertiary/aromatic N) is 3. The third-order valence-corrected chi connectivity index (χ3v) is 1.83. The maximum Gasteiger partial charge on any atom is 0.223 e. The van der Waals surface area contributed by atoms with Crippen molar-refractivity contribution in [1.29, 1.82) is 0 Å². The number of pyridine rings is 1. The van der Waals surface area contributed by atoms with Gasteiger partial charge in [0.1, 0.15) is 5.15 Å². The van der Waals surface area contributed by atoms with E-state index in [1.165, 1.54) is 0 Å². The second-order valence-electron chi connectivity index (χ2n) is 2.48. The minimum Gasteiger partial charge on any atom is -0.339 e. The minimum atomic E-state index is 0.378. The van der Waals surface area contributed by atoms with Crippen LogP contribution in [0.25, 0.3) is 11.4 Å². The van der Waals surface area contributed by atoms with Gasteiger partial charge in [-0.25, -0.2) is 4.98 Å². The van der Waals surface area contributed by atoms with Gasteiger partial charge in [0.2, 0.25) is 11.7 Å². The zero-order valence-electron chi connectivity index (χ0n) is 6.86. The fraction of sp³-hybridized carbons (Fsp3) is 0.125. The Labute approximate surface area is 79.6 Å². The molecule has 2 rings (SSSR count). The summed E-state index contributed by atoms with van der Waals surface area (Å²) in [5.74, 6) is 0.977. The molecule has 0 atom stereocenters. The summed E-state index contributed by atoms with van der Waals surface area (Å²) in [5.41, 5.74) is 0.681. The van der Waals surface area contributed by atoms with E-state index in [1.54, 1.807) is 25.3 Å². The van der Waals surface area contributed by atoms with E-state index in [0.717, 1.165) is 0 Å². The van der Waals surface area contributed by atoms with Crippen LogP contribution in [0, 0.1) is 6.92 Å². The molecule has 0 aliphatic rings. The van der Waals surface area contributed by atoms with Crippen LogP contribution in [-0.4, -0.2) is 15.1 Å². The van der Waals surface area contributed by atoms with Crippen LogP contribution in [0.2, 0.25) is 5.15 Å². The van der Waals surface area contributed by atoms with Crippen LogP contribution in [0.15, 0.2) is 22.9 Å². The molecule has 2 aromatic rings. The fourth-order valence-electron chi connectivity index (χ4n) is 0.961. The van der Waals surface area contributed by atoms with E-state index in [4.69, 9.17) is 16.1 Å². The van der Waals surface area contributed by atoms with Crippen molar-refractivity contribution in [2.45, 2.75) is 6.92 Å². The van der Waals surface area contributed by atoms with Crippen LogP contribution >= 0.6 is 11.6 Å². The summed E-state index contributed by atoms with van der Waals surface area (Å²) in [5, 5.41) is 4.11. The van der Waals surface area contributed by atoms with Gasteiger partial charge in [-0.05, 0) is 12.1 Å². The van der Waals surface area contributed by atoms with Gasteiger partial charge in [-0.3, -0.25) is 0 Å². The van der Waals surface area contributed by atoms with Crippen LogP contribution in [-0.2, 0) is 0 Å². The Balaban J connectivity index is 2.52.